The van der Waals surface area contributed by atoms with Crippen LogP contribution in [0.15, 0.2) is 59.9 Å². The summed E-state index contributed by atoms with van der Waals surface area (Å²) in [5, 5.41) is 8.66. The Kier molecular flexibility index (Phi) is 8.30. The standard InChI is InChI=1S/C31H37BN6O2S/c1-21-17-24(9-12-26(21)29(39)34-25-10-11-25)27-19-33-38-28(27)35-30(41-3)36-31(38)37(20-23-13-15-40-16-14-23)32(2)18-22-7-5-4-6-8-22/h4-9,12,17,19,23,25H,10-11,13-16,18,20H2,1-3H3,(H,34,39). The Hall–Kier alpha value is -3.37. The summed E-state index contributed by atoms with van der Waals surface area (Å²) in [6.07, 6.45) is 9.03. The SMILES string of the molecule is CSc1nc(N(CC2CCOCC2)B(C)Cc2ccccc2)n2ncc(-c3ccc(C(=O)NC4CC4)c(C)c3)c2n1. The molecule has 3 heterocycles. The van der Waals surface area contributed by atoms with E-state index in [1.807, 2.05) is 36.0 Å². The maximum Gasteiger partial charge on any atom is 0.259 e. The molecule has 2 aliphatic rings. The van der Waals surface area contributed by atoms with E-state index in [-0.39, 0.29) is 12.8 Å². The van der Waals surface area contributed by atoms with E-state index in [4.69, 9.17) is 19.8 Å². The average Bonchev–Trinajstić information content (AvgIpc) is 3.70. The summed E-state index contributed by atoms with van der Waals surface area (Å²) < 4.78 is 7.57. The monoisotopic (exact) mass is 568 g/mol. The lowest BCUT2D eigenvalue weighted by Gasteiger charge is -2.34. The van der Waals surface area contributed by atoms with Crippen LogP contribution >= 0.6 is 11.8 Å². The van der Waals surface area contributed by atoms with Crippen molar-refractivity contribution >= 4 is 36.1 Å². The number of hydrogen-bond acceptors (Lipinski definition) is 7. The smallest absolute Gasteiger partial charge is 0.259 e. The topological polar surface area (TPSA) is 84.7 Å². The summed E-state index contributed by atoms with van der Waals surface area (Å²) >= 11 is 1.54. The molecule has 0 atom stereocenters. The molecule has 4 aromatic rings. The molecule has 1 aliphatic carbocycles. The second-order valence-electron chi connectivity index (χ2n) is 11.3. The van der Waals surface area contributed by atoms with Gasteiger partial charge < -0.3 is 14.9 Å². The van der Waals surface area contributed by atoms with Crippen LogP contribution in [0.2, 0.25) is 6.82 Å². The number of anilines is 1. The van der Waals surface area contributed by atoms with E-state index >= 15 is 0 Å². The lowest BCUT2D eigenvalue weighted by Crippen LogP contribution is -2.45. The summed E-state index contributed by atoms with van der Waals surface area (Å²) in [5.41, 5.74) is 5.66. The largest absolute Gasteiger partial charge is 0.384 e. The first-order chi connectivity index (χ1) is 20.0. The molecule has 6 rings (SSSR count). The van der Waals surface area contributed by atoms with E-state index < -0.39 is 0 Å². The highest BCUT2D eigenvalue weighted by atomic mass is 32.2. The Balaban J connectivity index is 1.38. The number of rotatable bonds is 10. The second-order valence-corrected chi connectivity index (χ2v) is 12.1. The number of aromatic nitrogens is 4. The minimum Gasteiger partial charge on any atom is -0.384 e. The van der Waals surface area contributed by atoms with Crippen molar-refractivity contribution in [1.82, 2.24) is 24.9 Å². The highest BCUT2D eigenvalue weighted by Crippen LogP contribution is 2.31. The van der Waals surface area contributed by atoms with Crippen molar-refractivity contribution in [3.05, 3.63) is 71.4 Å². The van der Waals surface area contributed by atoms with Crippen molar-refractivity contribution in [2.24, 2.45) is 5.92 Å². The number of thioether (sulfide) groups is 1. The van der Waals surface area contributed by atoms with Crippen molar-refractivity contribution in [2.75, 3.05) is 30.8 Å². The number of ether oxygens (including phenoxy) is 1. The third-order valence-corrected chi connectivity index (χ3v) is 8.71. The van der Waals surface area contributed by atoms with Crippen molar-refractivity contribution in [1.29, 1.82) is 0 Å². The van der Waals surface area contributed by atoms with E-state index in [9.17, 15) is 4.79 Å². The zero-order valence-corrected chi connectivity index (χ0v) is 24.9. The molecule has 2 aromatic heterocycles. The van der Waals surface area contributed by atoms with Gasteiger partial charge in [0.25, 0.3) is 12.8 Å². The molecule has 8 nitrogen and oxygen atoms in total. The van der Waals surface area contributed by atoms with Crippen LogP contribution in [0.3, 0.4) is 0 Å². The Morgan fingerprint density at radius 3 is 2.61 bits per heavy atom. The number of fused-ring (bicyclic) bond motifs is 1. The first kappa shape index (κ1) is 27.8. The number of carbonyl (C=O) groups excluding carboxylic acids is 1. The molecule has 0 bridgehead atoms. The first-order valence-corrected chi connectivity index (χ1v) is 15.8. The molecule has 2 aromatic carbocycles. The number of nitrogens with one attached hydrogen (secondary N) is 1. The normalized spacial score (nSPS) is 15.7. The van der Waals surface area contributed by atoms with Gasteiger partial charge in [-0.2, -0.15) is 14.6 Å². The molecule has 41 heavy (non-hydrogen) atoms. The van der Waals surface area contributed by atoms with Gasteiger partial charge in [0.2, 0.25) is 5.95 Å². The highest BCUT2D eigenvalue weighted by molar-refractivity contribution is 7.98. The highest BCUT2D eigenvalue weighted by Gasteiger charge is 2.29. The third kappa shape index (κ3) is 6.28. The van der Waals surface area contributed by atoms with Crippen molar-refractivity contribution < 1.29 is 9.53 Å². The molecular weight excluding hydrogens is 531 g/mol. The van der Waals surface area contributed by atoms with E-state index in [1.54, 1.807) is 11.8 Å². The number of nitrogens with zero attached hydrogens (tertiary/aromatic N) is 5. The van der Waals surface area contributed by atoms with Crippen LogP contribution in [0.4, 0.5) is 5.95 Å². The van der Waals surface area contributed by atoms with Gasteiger partial charge in [-0.15, -0.1) is 0 Å². The van der Waals surface area contributed by atoms with Crippen molar-refractivity contribution in [3.8, 4) is 11.1 Å². The molecule has 1 saturated carbocycles. The molecule has 0 radical (unpaired) electrons. The summed E-state index contributed by atoms with van der Waals surface area (Å²) in [6, 6.07) is 17.0. The van der Waals surface area contributed by atoms with Crippen LogP contribution in [0.1, 0.15) is 47.2 Å². The van der Waals surface area contributed by atoms with Gasteiger partial charge in [-0.3, -0.25) is 4.79 Å². The molecule has 0 spiro atoms. The van der Waals surface area contributed by atoms with Gasteiger partial charge in [0.05, 0.1) is 6.20 Å². The molecule has 1 saturated heterocycles. The predicted molar refractivity (Wildman–Crippen MR) is 166 cm³/mol. The fraction of sp³-hybridized carbons (Fsp3) is 0.419. The van der Waals surface area contributed by atoms with Crippen LogP contribution in [-0.4, -0.2) is 64.4 Å². The van der Waals surface area contributed by atoms with Gasteiger partial charge in [0.1, 0.15) is 0 Å². The third-order valence-electron chi connectivity index (χ3n) is 8.17. The van der Waals surface area contributed by atoms with Gasteiger partial charge >= 0.3 is 0 Å². The minimum absolute atomic E-state index is 0.00172. The number of hydrogen-bond donors (Lipinski definition) is 1. The van der Waals surface area contributed by atoms with Crippen LogP contribution in [-0.2, 0) is 11.1 Å². The quantitative estimate of drug-likeness (QED) is 0.204. The number of amides is 1. The molecule has 0 unspecified atom stereocenters. The molecule has 1 N–H and O–H groups in total. The summed E-state index contributed by atoms with van der Waals surface area (Å²) in [7, 11) is 0. The maximum atomic E-state index is 12.7. The number of benzene rings is 2. The van der Waals surface area contributed by atoms with E-state index in [1.165, 1.54) is 5.56 Å². The Bertz CT molecular complexity index is 1520. The van der Waals surface area contributed by atoms with E-state index in [0.717, 1.165) is 90.8 Å². The fourth-order valence-electron chi connectivity index (χ4n) is 5.63. The van der Waals surface area contributed by atoms with Crippen molar-refractivity contribution in [2.45, 2.75) is 56.9 Å². The van der Waals surface area contributed by atoms with Crippen molar-refractivity contribution in [3.63, 3.8) is 0 Å². The summed E-state index contributed by atoms with van der Waals surface area (Å²) in [4.78, 5) is 25.1. The summed E-state index contributed by atoms with van der Waals surface area (Å²) in [5.74, 6) is 1.34. The molecule has 1 aliphatic heterocycles. The van der Waals surface area contributed by atoms with Gasteiger partial charge in [0.15, 0.2) is 10.8 Å². The number of aryl methyl sites for hydroxylation is 1. The molecule has 2 fully saturated rings. The van der Waals surface area contributed by atoms with Gasteiger partial charge in [0, 0.05) is 36.9 Å². The molecule has 1 amide bonds. The fourth-order valence-corrected chi connectivity index (χ4v) is 5.98. The Morgan fingerprint density at radius 1 is 1.12 bits per heavy atom. The molecule has 10 heteroatoms. The van der Waals surface area contributed by atoms with Crippen LogP contribution in [0, 0.1) is 12.8 Å². The van der Waals surface area contributed by atoms with E-state index in [2.05, 4.69) is 53.3 Å². The molecule has 212 valence electrons. The van der Waals surface area contributed by atoms with Gasteiger partial charge in [-0.25, -0.2) is 4.98 Å². The number of carbonyl (C=O) groups is 1. The zero-order chi connectivity index (χ0) is 28.3. The van der Waals surface area contributed by atoms with Crippen LogP contribution < -0.4 is 10.1 Å². The Morgan fingerprint density at radius 2 is 1.90 bits per heavy atom. The zero-order valence-electron chi connectivity index (χ0n) is 24.0. The maximum absolute atomic E-state index is 12.7. The van der Waals surface area contributed by atoms with Crippen LogP contribution in [0.25, 0.3) is 16.8 Å². The van der Waals surface area contributed by atoms with Gasteiger partial charge in [-0.1, -0.05) is 66.6 Å². The Labute approximate surface area is 246 Å². The minimum atomic E-state index is 0.00172. The van der Waals surface area contributed by atoms with E-state index in [0.29, 0.717) is 12.0 Å². The average molecular weight is 569 g/mol. The predicted octanol–water partition coefficient (Wildman–Crippen LogP) is 5.35. The lowest BCUT2D eigenvalue weighted by molar-refractivity contribution is 0.0689. The first-order valence-electron chi connectivity index (χ1n) is 14.6. The van der Waals surface area contributed by atoms with Gasteiger partial charge in [-0.05, 0) is 68.3 Å². The molecular formula is C31H37BN6O2S. The second kappa shape index (κ2) is 12.2. The lowest BCUT2D eigenvalue weighted by atomic mass is 9.57. The van der Waals surface area contributed by atoms with Crippen LogP contribution in [0.5, 0.6) is 0 Å². The summed E-state index contributed by atoms with van der Waals surface area (Å²) in [6.45, 7) is 6.97.